The van der Waals surface area contributed by atoms with Crippen LogP contribution in [0, 0.1) is 12.8 Å². The number of rotatable bonds is 8. The average Bonchev–Trinajstić information content (AvgIpc) is 2.62. The molecule has 92 valence electrons. The summed E-state index contributed by atoms with van der Waals surface area (Å²) in [4.78, 5) is 4.24. The molecule has 0 bridgehead atoms. The fourth-order valence-corrected chi connectivity index (χ4v) is 2.10. The molecule has 1 aromatic rings. The Bertz CT molecular complexity index is 285. The fourth-order valence-electron chi connectivity index (χ4n) is 1.36. The van der Waals surface area contributed by atoms with E-state index in [1.807, 2.05) is 6.92 Å². The number of nitrogens with zero attached hydrogens (tertiary/aromatic N) is 2. The van der Waals surface area contributed by atoms with Gasteiger partial charge in [0.15, 0.2) is 0 Å². The predicted molar refractivity (Wildman–Crippen MR) is 68.8 cm³/mol. The topological polar surface area (TPSA) is 53.6 Å². The molecular weight excluding hydrogens is 220 g/mol. The first-order valence-corrected chi connectivity index (χ1v) is 6.89. The van der Waals surface area contributed by atoms with E-state index in [2.05, 4.69) is 34.3 Å². The minimum Gasteiger partial charge on any atom is -0.316 e. The standard InChI is InChI=1S/C11H22N4S/c1-9(2)5-4-6-12-7-8-16-11-13-10(3)14-15-11/h9,12H,4-8H2,1-3H3,(H,13,14,15). The fraction of sp³-hybridized carbons (Fsp3) is 0.818. The summed E-state index contributed by atoms with van der Waals surface area (Å²) in [6, 6.07) is 0. The molecule has 0 radical (unpaired) electrons. The van der Waals surface area contributed by atoms with Gasteiger partial charge in [-0.05, 0) is 32.2 Å². The van der Waals surface area contributed by atoms with Crippen LogP contribution in [-0.4, -0.2) is 34.0 Å². The Morgan fingerprint density at radius 2 is 2.19 bits per heavy atom. The highest BCUT2D eigenvalue weighted by Gasteiger charge is 1.99. The molecule has 2 N–H and O–H groups in total. The van der Waals surface area contributed by atoms with E-state index in [0.29, 0.717) is 0 Å². The van der Waals surface area contributed by atoms with Crippen LogP contribution in [0.25, 0.3) is 0 Å². The summed E-state index contributed by atoms with van der Waals surface area (Å²) < 4.78 is 0. The molecule has 1 rings (SSSR count). The van der Waals surface area contributed by atoms with Crippen molar-refractivity contribution in [1.82, 2.24) is 20.5 Å². The maximum absolute atomic E-state index is 4.24. The Morgan fingerprint density at radius 3 is 2.81 bits per heavy atom. The second-order valence-corrected chi connectivity index (χ2v) is 5.40. The van der Waals surface area contributed by atoms with Crippen LogP contribution in [-0.2, 0) is 0 Å². The highest BCUT2D eigenvalue weighted by Crippen LogP contribution is 2.10. The summed E-state index contributed by atoms with van der Waals surface area (Å²) in [6.07, 6.45) is 2.57. The lowest BCUT2D eigenvalue weighted by molar-refractivity contribution is 0.534. The third-order valence-electron chi connectivity index (χ3n) is 2.22. The predicted octanol–water partition coefficient (Wildman–Crippen LogP) is 2.23. The number of nitrogens with one attached hydrogen (secondary N) is 2. The van der Waals surface area contributed by atoms with Crippen LogP contribution < -0.4 is 5.32 Å². The van der Waals surface area contributed by atoms with Gasteiger partial charge >= 0.3 is 0 Å². The van der Waals surface area contributed by atoms with Crippen LogP contribution in [0.15, 0.2) is 5.16 Å². The molecule has 4 nitrogen and oxygen atoms in total. The number of thioether (sulfide) groups is 1. The van der Waals surface area contributed by atoms with Crippen molar-refractivity contribution >= 4 is 11.8 Å². The van der Waals surface area contributed by atoms with Crippen molar-refractivity contribution in [2.45, 2.75) is 38.8 Å². The van der Waals surface area contributed by atoms with Crippen molar-refractivity contribution in [2.75, 3.05) is 18.8 Å². The molecule has 0 aliphatic heterocycles. The van der Waals surface area contributed by atoms with E-state index < -0.39 is 0 Å². The van der Waals surface area contributed by atoms with Gasteiger partial charge in [0, 0.05) is 12.3 Å². The number of aryl methyl sites for hydroxylation is 1. The second-order valence-electron chi connectivity index (χ2n) is 4.34. The Kier molecular flexibility index (Phi) is 6.49. The molecule has 0 saturated carbocycles. The zero-order valence-electron chi connectivity index (χ0n) is 10.4. The zero-order valence-corrected chi connectivity index (χ0v) is 11.2. The van der Waals surface area contributed by atoms with Crippen LogP contribution in [0.5, 0.6) is 0 Å². The lowest BCUT2D eigenvalue weighted by Gasteiger charge is -2.05. The molecule has 0 atom stereocenters. The van der Waals surface area contributed by atoms with Crippen molar-refractivity contribution < 1.29 is 0 Å². The van der Waals surface area contributed by atoms with Gasteiger partial charge in [0.05, 0.1) is 0 Å². The maximum Gasteiger partial charge on any atom is 0.208 e. The largest absolute Gasteiger partial charge is 0.316 e. The molecule has 0 aliphatic carbocycles. The first-order chi connectivity index (χ1) is 7.68. The molecule has 16 heavy (non-hydrogen) atoms. The first kappa shape index (κ1) is 13.5. The number of aromatic nitrogens is 3. The maximum atomic E-state index is 4.24. The van der Waals surface area contributed by atoms with Crippen molar-refractivity contribution in [1.29, 1.82) is 0 Å². The molecule has 0 saturated heterocycles. The van der Waals surface area contributed by atoms with Crippen LogP contribution in [0.3, 0.4) is 0 Å². The van der Waals surface area contributed by atoms with E-state index in [1.54, 1.807) is 11.8 Å². The SMILES string of the molecule is Cc1nc(SCCNCCCC(C)C)n[nH]1. The average molecular weight is 242 g/mol. The number of hydrogen-bond acceptors (Lipinski definition) is 4. The highest BCUT2D eigenvalue weighted by atomic mass is 32.2. The van der Waals surface area contributed by atoms with Gasteiger partial charge in [0.1, 0.15) is 5.82 Å². The summed E-state index contributed by atoms with van der Waals surface area (Å²) in [5.74, 6) is 2.72. The van der Waals surface area contributed by atoms with Crippen molar-refractivity contribution in [3.05, 3.63) is 5.82 Å². The van der Waals surface area contributed by atoms with E-state index in [4.69, 9.17) is 0 Å². The molecule has 5 heteroatoms. The molecule has 0 unspecified atom stereocenters. The van der Waals surface area contributed by atoms with Gasteiger partial charge in [-0.3, -0.25) is 5.10 Å². The van der Waals surface area contributed by atoms with Gasteiger partial charge in [0.25, 0.3) is 0 Å². The minimum absolute atomic E-state index is 0.812. The Labute approximate surface area is 102 Å². The number of H-pyrrole nitrogens is 1. The van der Waals surface area contributed by atoms with E-state index in [-0.39, 0.29) is 0 Å². The van der Waals surface area contributed by atoms with Crippen molar-refractivity contribution in [2.24, 2.45) is 5.92 Å². The Morgan fingerprint density at radius 1 is 1.38 bits per heavy atom. The first-order valence-electron chi connectivity index (χ1n) is 5.91. The van der Waals surface area contributed by atoms with Gasteiger partial charge < -0.3 is 5.32 Å². The molecule has 0 aromatic carbocycles. The van der Waals surface area contributed by atoms with Crippen LogP contribution in [0.2, 0.25) is 0 Å². The van der Waals surface area contributed by atoms with Crippen molar-refractivity contribution in [3.8, 4) is 0 Å². The molecule has 0 amide bonds. The van der Waals surface area contributed by atoms with E-state index in [1.165, 1.54) is 12.8 Å². The number of aromatic amines is 1. The molecule has 0 aliphatic rings. The molecule has 1 heterocycles. The monoisotopic (exact) mass is 242 g/mol. The normalized spacial score (nSPS) is 11.2. The Hall–Kier alpha value is -0.550. The van der Waals surface area contributed by atoms with Gasteiger partial charge in [-0.1, -0.05) is 25.6 Å². The molecular formula is C11H22N4S. The van der Waals surface area contributed by atoms with Crippen LogP contribution >= 0.6 is 11.8 Å². The van der Waals surface area contributed by atoms with Gasteiger partial charge in [-0.15, -0.1) is 5.10 Å². The molecule has 0 spiro atoms. The second kappa shape index (κ2) is 7.68. The number of hydrogen-bond donors (Lipinski definition) is 2. The zero-order chi connectivity index (χ0) is 11.8. The van der Waals surface area contributed by atoms with Gasteiger partial charge in [0.2, 0.25) is 5.16 Å². The Balaban J connectivity index is 1.92. The molecule has 0 fully saturated rings. The third-order valence-corrected chi connectivity index (χ3v) is 3.07. The molecule has 1 aromatic heterocycles. The summed E-state index contributed by atoms with van der Waals surface area (Å²) in [6.45, 7) is 8.59. The lowest BCUT2D eigenvalue weighted by Crippen LogP contribution is -2.18. The lowest BCUT2D eigenvalue weighted by atomic mass is 10.1. The summed E-state index contributed by atoms with van der Waals surface area (Å²) in [7, 11) is 0. The van der Waals surface area contributed by atoms with E-state index >= 15 is 0 Å². The summed E-state index contributed by atoms with van der Waals surface area (Å²) in [5, 5.41) is 11.2. The van der Waals surface area contributed by atoms with Gasteiger partial charge in [-0.25, -0.2) is 4.98 Å². The smallest absolute Gasteiger partial charge is 0.208 e. The van der Waals surface area contributed by atoms with Crippen molar-refractivity contribution in [3.63, 3.8) is 0 Å². The highest BCUT2D eigenvalue weighted by molar-refractivity contribution is 7.99. The quantitative estimate of drug-likeness (QED) is 0.542. The van der Waals surface area contributed by atoms with E-state index in [9.17, 15) is 0 Å². The van der Waals surface area contributed by atoms with Crippen LogP contribution in [0.1, 0.15) is 32.5 Å². The van der Waals surface area contributed by atoms with Crippen LogP contribution in [0.4, 0.5) is 0 Å². The third kappa shape index (κ3) is 6.12. The van der Waals surface area contributed by atoms with E-state index in [0.717, 1.165) is 35.7 Å². The minimum atomic E-state index is 0.812. The summed E-state index contributed by atoms with van der Waals surface area (Å²) in [5.41, 5.74) is 0. The van der Waals surface area contributed by atoms with Gasteiger partial charge in [-0.2, -0.15) is 0 Å². The summed E-state index contributed by atoms with van der Waals surface area (Å²) >= 11 is 1.69.